The van der Waals surface area contributed by atoms with Crippen LogP contribution in [0.25, 0.3) is 0 Å². The van der Waals surface area contributed by atoms with Crippen molar-refractivity contribution in [3.63, 3.8) is 0 Å². The molecular formula is C15H19NO5. The number of carbonyl (C=O) groups is 2. The Hall–Kier alpha value is -2.24. The summed E-state index contributed by atoms with van der Waals surface area (Å²) in [5.41, 5.74) is 0.897. The first-order chi connectivity index (χ1) is 10.1. The fraction of sp³-hybridized carbons (Fsp3) is 0.467. The van der Waals surface area contributed by atoms with Gasteiger partial charge in [0.1, 0.15) is 0 Å². The summed E-state index contributed by atoms with van der Waals surface area (Å²) in [5, 5.41) is 8.79. The van der Waals surface area contributed by atoms with E-state index in [4.69, 9.17) is 14.6 Å². The Morgan fingerprint density at radius 1 is 1.24 bits per heavy atom. The highest BCUT2D eigenvalue weighted by molar-refractivity contribution is 5.77. The first-order valence-electron chi connectivity index (χ1n) is 6.98. The maximum atomic E-state index is 12.1. The van der Waals surface area contributed by atoms with E-state index in [1.807, 2.05) is 19.1 Å². The SMILES string of the molecule is CCCC(=O)N(CCC(=O)O)Cc1ccc2c(c1)OCO2. The molecule has 0 saturated heterocycles. The lowest BCUT2D eigenvalue weighted by Gasteiger charge is -2.22. The van der Waals surface area contributed by atoms with E-state index in [9.17, 15) is 9.59 Å². The molecule has 1 aromatic rings. The maximum absolute atomic E-state index is 12.1. The predicted molar refractivity (Wildman–Crippen MR) is 75.1 cm³/mol. The summed E-state index contributed by atoms with van der Waals surface area (Å²) in [6, 6.07) is 5.49. The van der Waals surface area contributed by atoms with Crippen molar-refractivity contribution in [2.45, 2.75) is 32.7 Å². The van der Waals surface area contributed by atoms with Gasteiger partial charge < -0.3 is 19.5 Å². The molecule has 1 aliphatic rings. The van der Waals surface area contributed by atoms with Gasteiger partial charge in [0.05, 0.1) is 6.42 Å². The molecule has 0 atom stereocenters. The van der Waals surface area contributed by atoms with Gasteiger partial charge in [-0.3, -0.25) is 9.59 Å². The minimum atomic E-state index is -0.907. The molecule has 21 heavy (non-hydrogen) atoms. The van der Waals surface area contributed by atoms with Crippen molar-refractivity contribution in [2.24, 2.45) is 0 Å². The van der Waals surface area contributed by atoms with Gasteiger partial charge in [-0.15, -0.1) is 0 Å². The number of fused-ring (bicyclic) bond motifs is 1. The molecule has 1 amide bonds. The summed E-state index contributed by atoms with van der Waals surface area (Å²) in [6.45, 7) is 2.72. The first kappa shape index (κ1) is 15.2. The topological polar surface area (TPSA) is 76.1 Å². The molecule has 1 N–H and O–H groups in total. The Balaban J connectivity index is 2.06. The van der Waals surface area contributed by atoms with Crippen LogP contribution in [0.5, 0.6) is 11.5 Å². The van der Waals surface area contributed by atoms with Crippen molar-refractivity contribution in [1.29, 1.82) is 0 Å². The van der Waals surface area contributed by atoms with Gasteiger partial charge >= 0.3 is 5.97 Å². The van der Waals surface area contributed by atoms with E-state index in [0.29, 0.717) is 24.5 Å². The molecule has 114 valence electrons. The van der Waals surface area contributed by atoms with Crippen molar-refractivity contribution in [1.82, 2.24) is 4.90 Å². The Bertz CT molecular complexity index is 529. The van der Waals surface area contributed by atoms with Crippen molar-refractivity contribution >= 4 is 11.9 Å². The molecule has 1 heterocycles. The molecule has 1 aliphatic heterocycles. The lowest BCUT2D eigenvalue weighted by Crippen LogP contribution is -2.32. The van der Waals surface area contributed by atoms with E-state index >= 15 is 0 Å². The summed E-state index contributed by atoms with van der Waals surface area (Å²) in [4.78, 5) is 24.4. The van der Waals surface area contributed by atoms with Crippen LogP contribution < -0.4 is 9.47 Å². The van der Waals surface area contributed by atoms with Crippen LogP contribution in [0.4, 0.5) is 0 Å². The number of amides is 1. The third-order valence-electron chi connectivity index (χ3n) is 3.22. The highest BCUT2D eigenvalue weighted by Gasteiger charge is 2.17. The van der Waals surface area contributed by atoms with Crippen LogP contribution in [-0.2, 0) is 16.1 Å². The fourth-order valence-electron chi connectivity index (χ4n) is 2.15. The zero-order valence-corrected chi connectivity index (χ0v) is 12.0. The fourth-order valence-corrected chi connectivity index (χ4v) is 2.15. The molecule has 0 aromatic heterocycles. The number of aliphatic carboxylic acids is 1. The molecule has 0 unspecified atom stereocenters. The second kappa shape index (κ2) is 6.97. The van der Waals surface area contributed by atoms with Gasteiger partial charge in [-0.25, -0.2) is 0 Å². The van der Waals surface area contributed by atoms with Gasteiger partial charge in [-0.05, 0) is 24.1 Å². The molecule has 0 radical (unpaired) electrons. The summed E-state index contributed by atoms with van der Waals surface area (Å²) in [6.07, 6.45) is 1.10. The van der Waals surface area contributed by atoms with Crippen LogP contribution in [0.1, 0.15) is 31.7 Å². The summed E-state index contributed by atoms with van der Waals surface area (Å²) < 4.78 is 10.5. The van der Waals surface area contributed by atoms with E-state index in [2.05, 4.69) is 0 Å². The first-order valence-corrected chi connectivity index (χ1v) is 6.98. The Morgan fingerprint density at radius 2 is 2.00 bits per heavy atom. The number of ether oxygens (including phenoxy) is 2. The smallest absolute Gasteiger partial charge is 0.305 e. The third kappa shape index (κ3) is 4.11. The van der Waals surface area contributed by atoms with E-state index in [1.54, 1.807) is 11.0 Å². The van der Waals surface area contributed by atoms with Crippen molar-refractivity contribution in [3.8, 4) is 11.5 Å². The molecule has 2 rings (SSSR count). The number of hydrogen-bond acceptors (Lipinski definition) is 4. The van der Waals surface area contributed by atoms with Crippen molar-refractivity contribution in [2.75, 3.05) is 13.3 Å². The molecule has 0 saturated carbocycles. The molecule has 0 fully saturated rings. The standard InChI is InChI=1S/C15H19NO5/c1-2-3-14(17)16(7-6-15(18)19)9-11-4-5-12-13(8-11)21-10-20-12/h4-5,8H,2-3,6-7,9-10H2,1H3,(H,18,19). The lowest BCUT2D eigenvalue weighted by molar-refractivity contribution is -0.138. The molecule has 0 bridgehead atoms. The van der Waals surface area contributed by atoms with Crippen molar-refractivity contribution < 1.29 is 24.2 Å². The number of benzene rings is 1. The van der Waals surface area contributed by atoms with Crippen LogP contribution in [0.15, 0.2) is 18.2 Å². The molecule has 1 aromatic carbocycles. The average molecular weight is 293 g/mol. The maximum Gasteiger partial charge on any atom is 0.305 e. The quantitative estimate of drug-likeness (QED) is 0.832. The van der Waals surface area contributed by atoms with Crippen LogP contribution >= 0.6 is 0 Å². The van der Waals surface area contributed by atoms with Crippen LogP contribution in [-0.4, -0.2) is 35.2 Å². The molecule has 6 nitrogen and oxygen atoms in total. The zero-order chi connectivity index (χ0) is 15.2. The Morgan fingerprint density at radius 3 is 2.71 bits per heavy atom. The van der Waals surface area contributed by atoms with Gasteiger partial charge in [0, 0.05) is 19.5 Å². The minimum Gasteiger partial charge on any atom is -0.481 e. The summed E-state index contributed by atoms with van der Waals surface area (Å²) >= 11 is 0. The highest BCUT2D eigenvalue weighted by atomic mass is 16.7. The van der Waals surface area contributed by atoms with E-state index in [0.717, 1.165) is 12.0 Å². The number of nitrogens with zero attached hydrogens (tertiary/aromatic N) is 1. The monoisotopic (exact) mass is 293 g/mol. The molecule has 0 spiro atoms. The van der Waals surface area contributed by atoms with Gasteiger partial charge in [0.25, 0.3) is 0 Å². The molecule has 6 heteroatoms. The minimum absolute atomic E-state index is 0.0311. The third-order valence-corrected chi connectivity index (χ3v) is 3.22. The van der Waals surface area contributed by atoms with Gasteiger partial charge in [0.2, 0.25) is 12.7 Å². The van der Waals surface area contributed by atoms with Crippen molar-refractivity contribution in [3.05, 3.63) is 23.8 Å². The number of rotatable bonds is 7. The van der Waals surface area contributed by atoms with Crippen LogP contribution in [0, 0.1) is 0 Å². The van der Waals surface area contributed by atoms with Gasteiger partial charge in [0.15, 0.2) is 11.5 Å². The second-order valence-corrected chi connectivity index (χ2v) is 4.90. The zero-order valence-electron chi connectivity index (χ0n) is 12.0. The van der Waals surface area contributed by atoms with Gasteiger partial charge in [-0.1, -0.05) is 13.0 Å². The number of carboxylic acids is 1. The van der Waals surface area contributed by atoms with Crippen LogP contribution in [0.3, 0.4) is 0 Å². The normalized spacial score (nSPS) is 12.2. The second-order valence-electron chi connectivity index (χ2n) is 4.90. The van der Waals surface area contributed by atoms with Crippen LogP contribution in [0.2, 0.25) is 0 Å². The Labute approximate surface area is 123 Å². The number of carbonyl (C=O) groups excluding carboxylic acids is 1. The Kier molecular flexibility index (Phi) is 5.03. The number of carboxylic acid groups (broad SMARTS) is 1. The van der Waals surface area contributed by atoms with E-state index < -0.39 is 5.97 Å². The van der Waals surface area contributed by atoms with Gasteiger partial charge in [-0.2, -0.15) is 0 Å². The average Bonchev–Trinajstić information content (AvgIpc) is 2.90. The molecular weight excluding hydrogens is 274 g/mol. The van der Waals surface area contributed by atoms with E-state index in [-0.39, 0.29) is 25.7 Å². The number of hydrogen-bond donors (Lipinski definition) is 1. The lowest BCUT2D eigenvalue weighted by atomic mass is 10.1. The summed E-state index contributed by atoms with van der Waals surface area (Å²) in [7, 11) is 0. The van der Waals surface area contributed by atoms with E-state index in [1.165, 1.54) is 0 Å². The largest absolute Gasteiger partial charge is 0.481 e. The predicted octanol–water partition coefficient (Wildman–Crippen LogP) is 2.02. The summed E-state index contributed by atoms with van der Waals surface area (Å²) in [5.74, 6) is 0.413. The molecule has 0 aliphatic carbocycles. The highest BCUT2D eigenvalue weighted by Crippen LogP contribution is 2.32.